The van der Waals surface area contributed by atoms with Crippen LogP contribution in [0.5, 0.6) is 0 Å². The Balaban J connectivity index is 2.01. The van der Waals surface area contributed by atoms with Crippen LogP contribution in [0.2, 0.25) is 0 Å². The Morgan fingerprint density at radius 2 is 2.22 bits per heavy atom. The Labute approximate surface area is 106 Å². The molecule has 18 heavy (non-hydrogen) atoms. The maximum Gasteiger partial charge on any atom is 0.222 e. The van der Waals surface area contributed by atoms with Crippen molar-refractivity contribution in [2.45, 2.75) is 26.8 Å². The van der Waals surface area contributed by atoms with Crippen molar-refractivity contribution in [1.29, 1.82) is 0 Å². The fourth-order valence-corrected chi connectivity index (χ4v) is 1.94. The highest BCUT2D eigenvalue weighted by Crippen LogP contribution is 2.27. The summed E-state index contributed by atoms with van der Waals surface area (Å²) in [6.45, 7) is 7.13. The van der Waals surface area contributed by atoms with Crippen molar-refractivity contribution in [2.75, 3.05) is 6.61 Å². The zero-order valence-corrected chi connectivity index (χ0v) is 10.8. The summed E-state index contributed by atoms with van der Waals surface area (Å²) < 4.78 is 7.43. The van der Waals surface area contributed by atoms with Crippen LogP contribution >= 0.6 is 0 Å². The lowest BCUT2D eigenvalue weighted by atomic mass is 9.88. The second-order valence-electron chi connectivity index (χ2n) is 5.57. The maximum absolute atomic E-state index is 5.70. The molecule has 0 amide bonds. The Morgan fingerprint density at radius 3 is 2.94 bits per heavy atom. The molecule has 0 saturated carbocycles. The molecule has 1 atom stereocenters. The monoisotopic (exact) mass is 244 g/mol. The molecule has 1 aliphatic heterocycles. The fourth-order valence-electron chi connectivity index (χ4n) is 1.94. The largest absolute Gasteiger partial charge is 0.475 e. The summed E-state index contributed by atoms with van der Waals surface area (Å²) in [4.78, 5) is 8.97. The first-order valence-electron chi connectivity index (χ1n) is 6.05. The van der Waals surface area contributed by atoms with Crippen LogP contribution in [0.3, 0.4) is 0 Å². The summed E-state index contributed by atoms with van der Waals surface area (Å²) in [5, 5.41) is 4.24. The molecule has 0 radical (unpaired) electrons. The van der Waals surface area contributed by atoms with Crippen molar-refractivity contribution in [3.63, 3.8) is 0 Å². The minimum Gasteiger partial charge on any atom is -0.475 e. The van der Waals surface area contributed by atoms with Crippen LogP contribution in [-0.2, 0) is 4.74 Å². The van der Waals surface area contributed by atoms with Crippen LogP contribution in [0.15, 0.2) is 29.6 Å². The van der Waals surface area contributed by atoms with Crippen LogP contribution in [0.1, 0.15) is 26.3 Å². The van der Waals surface area contributed by atoms with Crippen LogP contribution in [0, 0.1) is 5.41 Å². The Bertz CT molecular complexity index is 609. The Morgan fingerprint density at radius 1 is 1.39 bits per heavy atom. The molecular formula is C13H16N4O. The van der Waals surface area contributed by atoms with Gasteiger partial charge in [-0.15, -0.1) is 0 Å². The highest BCUT2D eigenvalue weighted by Gasteiger charge is 2.31. The van der Waals surface area contributed by atoms with Crippen molar-refractivity contribution in [1.82, 2.24) is 14.6 Å². The smallest absolute Gasteiger partial charge is 0.222 e. The molecular weight excluding hydrogens is 228 g/mol. The summed E-state index contributed by atoms with van der Waals surface area (Å²) in [6.07, 6.45) is 5.37. The van der Waals surface area contributed by atoms with Gasteiger partial charge in [0.05, 0.1) is 12.2 Å². The molecule has 0 saturated heterocycles. The second kappa shape index (κ2) is 3.80. The molecule has 1 unspecified atom stereocenters. The first kappa shape index (κ1) is 11.2. The molecule has 0 aliphatic carbocycles. The Kier molecular flexibility index (Phi) is 2.36. The maximum atomic E-state index is 5.70. The van der Waals surface area contributed by atoms with Crippen molar-refractivity contribution in [2.24, 2.45) is 10.4 Å². The molecule has 5 nitrogen and oxygen atoms in total. The lowest BCUT2D eigenvalue weighted by Crippen LogP contribution is -2.25. The molecule has 0 spiro atoms. The van der Waals surface area contributed by atoms with E-state index in [0.717, 1.165) is 11.2 Å². The van der Waals surface area contributed by atoms with E-state index in [1.165, 1.54) is 0 Å². The summed E-state index contributed by atoms with van der Waals surface area (Å²) in [6, 6.07) is 2.03. The van der Waals surface area contributed by atoms with Gasteiger partial charge >= 0.3 is 0 Å². The number of aliphatic imine (C=N–C) groups is 1. The molecule has 2 aromatic heterocycles. The number of ether oxygens (including phenoxy) is 1. The van der Waals surface area contributed by atoms with Gasteiger partial charge in [-0.05, 0) is 11.5 Å². The number of hydrogen-bond acceptors (Lipinski definition) is 4. The summed E-state index contributed by atoms with van der Waals surface area (Å²) in [5.74, 6) is 0.656. The zero-order chi connectivity index (χ0) is 12.8. The van der Waals surface area contributed by atoms with Gasteiger partial charge in [0.2, 0.25) is 5.90 Å². The van der Waals surface area contributed by atoms with Gasteiger partial charge < -0.3 is 4.74 Å². The normalized spacial score (nSPS) is 19.9. The molecule has 5 heteroatoms. The first-order chi connectivity index (χ1) is 8.55. The van der Waals surface area contributed by atoms with Gasteiger partial charge in [-0.2, -0.15) is 5.10 Å². The number of fused-ring (bicyclic) bond motifs is 1. The van der Waals surface area contributed by atoms with E-state index in [9.17, 15) is 0 Å². The fraction of sp³-hybridized carbons (Fsp3) is 0.462. The van der Waals surface area contributed by atoms with E-state index in [4.69, 9.17) is 4.74 Å². The third-order valence-electron chi connectivity index (χ3n) is 3.16. The predicted molar refractivity (Wildman–Crippen MR) is 68.7 cm³/mol. The minimum absolute atomic E-state index is 0.109. The van der Waals surface area contributed by atoms with E-state index < -0.39 is 0 Å². The minimum atomic E-state index is 0.109. The van der Waals surface area contributed by atoms with Crippen LogP contribution in [0.4, 0.5) is 0 Å². The average Bonchev–Trinajstić information content (AvgIpc) is 2.94. The van der Waals surface area contributed by atoms with Crippen molar-refractivity contribution >= 4 is 11.5 Å². The van der Waals surface area contributed by atoms with Crippen molar-refractivity contribution in [3.8, 4) is 0 Å². The zero-order valence-electron chi connectivity index (χ0n) is 10.8. The SMILES string of the molecule is CC(C)(C)C1COC(c2cnn3cccnc23)=N1. The van der Waals surface area contributed by atoms with E-state index in [-0.39, 0.29) is 11.5 Å². The predicted octanol–water partition coefficient (Wildman–Crippen LogP) is 1.92. The number of aromatic nitrogens is 3. The number of nitrogens with zero attached hydrogens (tertiary/aromatic N) is 4. The molecule has 2 aromatic rings. The standard InChI is InChI=1S/C13H16N4O/c1-13(2,3)10-8-18-12(16-10)9-7-15-17-6-4-5-14-11(9)17/h4-7,10H,8H2,1-3H3. The lowest BCUT2D eigenvalue weighted by Gasteiger charge is -2.21. The first-order valence-corrected chi connectivity index (χ1v) is 6.05. The quantitative estimate of drug-likeness (QED) is 0.770. The summed E-state index contributed by atoms with van der Waals surface area (Å²) in [7, 11) is 0. The molecule has 3 rings (SSSR count). The number of rotatable bonds is 1. The number of hydrogen-bond donors (Lipinski definition) is 0. The van der Waals surface area contributed by atoms with Crippen molar-refractivity contribution < 1.29 is 4.74 Å². The molecule has 94 valence electrons. The second-order valence-corrected chi connectivity index (χ2v) is 5.57. The highest BCUT2D eigenvalue weighted by molar-refractivity contribution is 6.00. The van der Waals surface area contributed by atoms with Crippen LogP contribution in [0.25, 0.3) is 5.65 Å². The van der Waals surface area contributed by atoms with E-state index in [1.807, 2.05) is 12.3 Å². The van der Waals surface area contributed by atoms with Crippen LogP contribution in [-0.4, -0.2) is 33.1 Å². The van der Waals surface area contributed by atoms with E-state index in [2.05, 4.69) is 35.8 Å². The van der Waals surface area contributed by atoms with Gasteiger partial charge in [0.15, 0.2) is 5.65 Å². The topological polar surface area (TPSA) is 51.8 Å². The average molecular weight is 244 g/mol. The van der Waals surface area contributed by atoms with Crippen molar-refractivity contribution in [3.05, 3.63) is 30.2 Å². The van der Waals surface area contributed by atoms with E-state index in [1.54, 1.807) is 16.9 Å². The van der Waals surface area contributed by atoms with E-state index in [0.29, 0.717) is 12.5 Å². The molecule has 3 heterocycles. The molecule has 0 bridgehead atoms. The molecule has 1 aliphatic rings. The summed E-state index contributed by atoms with van der Waals surface area (Å²) in [5.41, 5.74) is 1.76. The lowest BCUT2D eigenvalue weighted by molar-refractivity contribution is 0.236. The van der Waals surface area contributed by atoms with Crippen LogP contribution < -0.4 is 0 Å². The molecule has 0 N–H and O–H groups in total. The van der Waals surface area contributed by atoms with Gasteiger partial charge in [0, 0.05) is 12.4 Å². The molecule has 0 fully saturated rings. The van der Waals surface area contributed by atoms with E-state index >= 15 is 0 Å². The third-order valence-corrected chi connectivity index (χ3v) is 3.16. The highest BCUT2D eigenvalue weighted by atomic mass is 16.5. The van der Waals surface area contributed by atoms with Gasteiger partial charge in [-0.25, -0.2) is 14.5 Å². The Hall–Kier alpha value is -1.91. The van der Waals surface area contributed by atoms with Gasteiger partial charge in [0.25, 0.3) is 0 Å². The molecule has 0 aromatic carbocycles. The summed E-state index contributed by atoms with van der Waals surface area (Å²) >= 11 is 0. The third kappa shape index (κ3) is 1.75. The van der Waals surface area contributed by atoms with Gasteiger partial charge in [-0.3, -0.25) is 0 Å². The van der Waals surface area contributed by atoms with Gasteiger partial charge in [-0.1, -0.05) is 20.8 Å². The van der Waals surface area contributed by atoms with Gasteiger partial charge in [0.1, 0.15) is 12.2 Å².